The van der Waals surface area contributed by atoms with Gasteiger partial charge in [-0.1, -0.05) is 13.8 Å². The molecule has 2 aromatic heterocycles. The van der Waals surface area contributed by atoms with Crippen LogP contribution in [0.2, 0.25) is 0 Å². The lowest BCUT2D eigenvalue weighted by molar-refractivity contribution is 0.0960. The molecular weight excluding hydrogens is 368 g/mol. The lowest BCUT2D eigenvalue weighted by Crippen LogP contribution is -2.56. The van der Waals surface area contributed by atoms with Gasteiger partial charge in [0.15, 0.2) is 0 Å². The van der Waals surface area contributed by atoms with E-state index in [9.17, 15) is 9.59 Å². The Morgan fingerprint density at radius 3 is 2.76 bits per heavy atom. The maximum absolute atomic E-state index is 12.7. The second kappa shape index (κ2) is 9.09. The summed E-state index contributed by atoms with van der Waals surface area (Å²) in [5.74, 6) is 1.12. The minimum atomic E-state index is -0.334. The van der Waals surface area contributed by atoms with E-state index >= 15 is 0 Å². The van der Waals surface area contributed by atoms with Crippen LogP contribution >= 0.6 is 0 Å². The fourth-order valence-electron chi connectivity index (χ4n) is 4.08. The molecule has 0 radical (unpaired) electrons. The van der Waals surface area contributed by atoms with Gasteiger partial charge in [-0.2, -0.15) is 0 Å². The molecule has 1 unspecified atom stereocenters. The van der Waals surface area contributed by atoms with E-state index in [4.69, 9.17) is 5.73 Å². The Morgan fingerprint density at radius 2 is 2.03 bits per heavy atom. The van der Waals surface area contributed by atoms with Crippen molar-refractivity contribution in [3.63, 3.8) is 0 Å². The zero-order chi connectivity index (χ0) is 21.0. The van der Waals surface area contributed by atoms with Gasteiger partial charge in [-0.05, 0) is 36.2 Å². The van der Waals surface area contributed by atoms with Crippen LogP contribution < -0.4 is 21.5 Å². The van der Waals surface area contributed by atoms with E-state index in [0.29, 0.717) is 18.4 Å². The van der Waals surface area contributed by atoms with Gasteiger partial charge in [-0.15, -0.1) is 0 Å². The molecule has 0 spiro atoms. The topological polar surface area (TPSA) is 96.5 Å². The molecule has 8 heteroatoms. The molecule has 2 aromatic rings. The summed E-state index contributed by atoms with van der Waals surface area (Å²) in [6.07, 6.45) is 2.63. The molecule has 1 atom stereocenters. The predicted molar refractivity (Wildman–Crippen MR) is 115 cm³/mol. The molecule has 156 valence electrons. The number of anilines is 2. The van der Waals surface area contributed by atoms with Crippen molar-refractivity contribution in [1.82, 2.24) is 19.8 Å². The van der Waals surface area contributed by atoms with Crippen LogP contribution in [0.5, 0.6) is 0 Å². The number of pyridine rings is 2. The zero-order valence-corrected chi connectivity index (χ0v) is 17.4. The molecule has 0 bridgehead atoms. The molecular formula is C21H30N6O2. The Labute approximate surface area is 171 Å². The Morgan fingerprint density at radius 1 is 1.24 bits per heavy atom. The van der Waals surface area contributed by atoms with Gasteiger partial charge in [-0.3, -0.25) is 19.1 Å². The van der Waals surface area contributed by atoms with Crippen LogP contribution in [0, 0.1) is 0 Å². The highest BCUT2D eigenvalue weighted by atomic mass is 16.2. The van der Waals surface area contributed by atoms with E-state index in [1.54, 1.807) is 16.8 Å². The predicted octanol–water partition coefficient (Wildman–Crippen LogP) is 1.31. The number of carbonyl (C=O) groups excluding carboxylic acids is 1. The van der Waals surface area contributed by atoms with Crippen LogP contribution in [-0.4, -0.2) is 53.1 Å². The van der Waals surface area contributed by atoms with Crippen molar-refractivity contribution in [3.05, 3.63) is 51.9 Å². The fourth-order valence-corrected chi connectivity index (χ4v) is 4.08. The summed E-state index contributed by atoms with van der Waals surface area (Å²) in [6, 6.07) is 7.82. The number of piperazine rings is 1. The fraction of sp³-hybridized carbons (Fsp3) is 0.476. The molecule has 1 amide bonds. The van der Waals surface area contributed by atoms with Crippen molar-refractivity contribution in [2.24, 2.45) is 0 Å². The van der Waals surface area contributed by atoms with Gasteiger partial charge < -0.3 is 16.0 Å². The number of fused-ring (bicyclic) bond motifs is 3. The van der Waals surface area contributed by atoms with Crippen molar-refractivity contribution in [2.75, 3.05) is 37.3 Å². The third-order valence-electron chi connectivity index (χ3n) is 5.42. The van der Waals surface area contributed by atoms with E-state index in [1.165, 1.54) is 12.6 Å². The van der Waals surface area contributed by atoms with E-state index in [2.05, 4.69) is 20.1 Å². The third-order valence-corrected chi connectivity index (χ3v) is 5.42. The van der Waals surface area contributed by atoms with E-state index < -0.39 is 0 Å². The van der Waals surface area contributed by atoms with Crippen molar-refractivity contribution >= 4 is 17.5 Å². The Bertz CT molecular complexity index is 926. The van der Waals surface area contributed by atoms with Gasteiger partial charge in [0, 0.05) is 52.0 Å². The number of amides is 1. The Hall–Kier alpha value is -2.87. The maximum atomic E-state index is 12.7. The lowest BCUT2D eigenvalue weighted by Gasteiger charge is -2.46. The minimum absolute atomic E-state index is 0.202. The molecule has 1 saturated heterocycles. The number of nitrogens with zero attached hydrogens (tertiary/aromatic N) is 4. The van der Waals surface area contributed by atoms with Crippen LogP contribution in [0.3, 0.4) is 0 Å². The summed E-state index contributed by atoms with van der Waals surface area (Å²) < 4.78 is 1.74. The van der Waals surface area contributed by atoms with Gasteiger partial charge in [0.1, 0.15) is 17.2 Å². The first-order chi connectivity index (χ1) is 14.1. The second-order valence-corrected chi connectivity index (χ2v) is 7.10. The molecule has 2 aliphatic heterocycles. The van der Waals surface area contributed by atoms with Gasteiger partial charge in [-0.25, -0.2) is 4.98 Å². The van der Waals surface area contributed by atoms with Crippen molar-refractivity contribution < 1.29 is 4.79 Å². The van der Waals surface area contributed by atoms with Crippen LogP contribution in [0.4, 0.5) is 11.6 Å². The molecule has 3 N–H and O–H groups in total. The molecule has 8 nitrogen and oxygen atoms in total. The quantitative estimate of drug-likeness (QED) is 0.809. The Kier molecular flexibility index (Phi) is 6.53. The summed E-state index contributed by atoms with van der Waals surface area (Å²) in [7, 11) is 1.54. The molecule has 0 aromatic carbocycles. The number of aromatic nitrogens is 2. The summed E-state index contributed by atoms with van der Waals surface area (Å²) in [6.45, 7) is 8.18. The molecule has 2 aliphatic rings. The standard InChI is InChI=1S/C19H24N6O2.C2H6/c1-21-18(26)15-2-3-17-24-9-8-23(11-13-4-6-22-16(20)10-13)12-14(24)5-7-25(17)19(15)27;1-2/h2-4,6,10,14H,5,7-9,11-12H2,1H3,(H2,20,22)(H,21,26);1-2H3. The smallest absolute Gasteiger partial charge is 0.264 e. The number of nitrogens with two attached hydrogens (primary N) is 1. The highest BCUT2D eigenvalue weighted by Crippen LogP contribution is 2.27. The minimum Gasteiger partial charge on any atom is -0.384 e. The average Bonchev–Trinajstić information content (AvgIpc) is 2.74. The first-order valence-electron chi connectivity index (χ1n) is 10.2. The van der Waals surface area contributed by atoms with Crippen LogP contribution in [0.15, 0.2) is 35.3 Å². The molecule has 4 heterocycles. The number of hydrogen-bond acceptors (Lipinski definition) is 6. The highest BCUT2D eigenvalue weighted by Gasteiger charge is 2.32. The first kappa shape index (κ1) is 20.9. The van der Waals surface area contributed by atoms with Gasteiger partial charge in [0.25, 0.3) is 11.5 Å². The maximum Gasteiger partial charge on any atom is 0.264 e. The third kappa shape index (κ3) is 4.27. The molecule has 0 aliphatic carbocycles. The van der Waals surface area contributed by atoms with Crippen molar-refractivity contribution in [1.29, 1.82) is 0 Å². The molecule has 4 rings (SSSR count). The van der Waals surface area contributed by atoms with Gasteiger partial charge in [0.2, 0.25) is 0 Å². The highest BCUT2D eigenvalue weighted by molar-refractivity contribution is 5.93. The number of rotatable bonds is 3. The average molecular weight is 399 g/mol. The van der Waals surface area contributed by atoms with Gasteiger partial charge in [0.05, 0.1) is 0 Å². The zero-order valence-electron chi connectivity index (χ0n) is 17.4. The van der Waals surface area contributed by atoms with E-state index in [-0.39, 0.29) is 17.0 Å². The molecule has 1 fully saturated rings. The molecule has 0 saturated carbocycles. The lowest BCUT2D eigenvalue weighted by atomic mass is 10.0. The molecule has 29 heavy (non-hydrogen) atoms. The summed E-state index contributed by atoms with van der Waals surface area (Å²) in [5, 5.41) is 2.53. The number of hydrogen-bond donors (Lipinski definition) is 2. The SMILES string of the molecule is CC.CNC(=O)c1ccc2n(c1=O)CCC1CN(Cc3ccnc(N)c3)CCN21. The number of nitrogens with one attached hydrogen (secondary N) is 1. The van der Waals surface area contributed by atoms with Crippen molar-refractivity contribution in [2.45, 2.75) is 39.4 Å². The summed E-state index contributed by atoms with van der Waals surface area (Å²) in [5.41, 5.74) is 6.94. The summed E-state index contributed by atoms with van der Waals surface area (Å²) in [4.78, 5) is 33.3. The van der Waals surface area contributed by atoms with Gasteiger partial charge >= 0.3 is 0 Å². The first-order valence-corrected chi connectivity index (χ1v) is 10.2. The summed E-state index contributed by atoms with van der Waals surface area (Å²) >= 11 is 0. The van der Waals surface area contributed by atoms with Crippen molar-refractivity contribution in [3.8, 4) is 0 Å². The second-order valence-electron chi connectivity index (χ2n) is 7.10. The van der Waals surface area contributed by atoms with Crippen LogP contribution in [0.25, 0.3) is 0 Å². The largest absolute Gasteiger partial charge is 0.384 e. The monoisotopic (exact) mass is 398 g/mol. The van der Waals surface area contributed by atoms with Crippen LogP contribution in [-0.2, 0) is 13.1 Å². The Balaban J connectivity index is 0.00000117. The van der Waals surface area contributed by atoms with E-state index in [0.717, 1.165) is 38.4 Å². The number of nitrogen functional groups attached to an aromatic ring is 1. The number of carbonyl (C=O) groups is 1. The normalized spacial score (nSPS) is 18.2. The van der Waals surface area contributed by atoms with Crippen LogP contribution in [0.1, 0.15) is 36.2 Å². The van der Waals surface area contributed by atoms with E-state index in [1.807, 2.05) is 32.0 Å².